The highest BCUT2D eigenvalue weighted by atomic mass is 32.2. The number of thiophene rings is 1. The molecule has 9 heteroatoms. The summed E-state index contributed by atoms with van der Waals surface area (Å²) in [6.07, 6.45) is 6.28. The molecule has 2 aromatic rings. The zero-order valence-electron chi connectivity index (χ0n) is 16.2. The predicted octanol–water partition coefficient (Wildman–Crippen LogP) is 3.52. The number of amides is 2. The highest BCUT2D eigenvalue weighted by molar-refractivity contribution is 7.92. The van der Waals surface area contributed by atoms with E-state index >= 15 is 0 Å². The maximum atomic E-state index is 12.8. The van der Waals surface area contributed by atoms with Crippen LogP contribution in [0.5, 0.6) is 5.75 Å². The number of sulfonamides is 1. The van der Waals surface area contributed by atoms with Crippen LogP contribution in [-0.2, 0) is 35.7 Å². The Morgan fingerprint density at radius 1 is 1.21 bits per heavy atom. The van der Waals surface area contributed by atoms with Crippen molar-refractivity contribution in [2.24, 2.45) is 0 Å². The summed E-state index contributed by atoms with van der Waals surface area (Å²) < 4.78 is 33.5. The summed E-state index contributed by atoms with van der Waals surface area (Å²) in [4.78, 5) is 17.6. The lowest BCUT2D eigenvalue weighted by molar-refractivity contribution is 0.256. The number of anilines is 1. The van der Waals surface area contributed by atoms with Crippen molar-refractivity contribution >= 4 is 33.1 Å². The van der Waals surface area contributed by atoms with Gasteiger partial charge in [0.25, 0.3) is 10.0 Å². The van der Waals surface area contributed by atoms with Gasteiger partial charge in [0, 0.05) is 17.0 Å². The Kier molecular flexibility index (Phi) is 4.54. The number of carbonyl (C=O) groups excluding carboxylic acids is 1. The first-order chi connectivity index (χ1) is 13.9. The second-order valence-electron chi connectivity index (χ2n) is 7.96. The molecule has 2 aromatic heterocycles. The molecule has 29 heavy (non-hydrogen) atoms. The van der Waals surface area contributed by atoms with Gasteiger partial charge >= 0.3 is 6.03 Å². The van der Waals surface area contributed by atoms with E-state index in [9.17, 15) is 13.2 Å². The first kappa shape index (κ1) is 18.9. The molecular weight excluding hydrogens is 410 g/mol. The van der Waals surface area contributed by atoms with Gasteiger partial charge in [0.15, 0.2) is 9.96 Å². The van der Waals surface area contributed by atoms with Crippen molar-refractivity contribution in [2.75, 3.05) is 11.9 Å². The zero-order valence-corrected chi connectivity index (χ0v) is 17.8. The quantitative estimate of drug-likeness (QED) is 0.772. The van der Waals surface area contributed by atoms with Gasteiger partial charge in [0.2, 0.25) is 0 Å². The van der Waals surface area contributed by atoms with Crippen molar-refractivity contribution in [3.05, 3.63) is 33.5 Å². The third-order valence-electron chi connectivity index (χ3n) is 5.98. The number of rotatable bonds is 3. The second-order valence-corrected chi connectivity index (χ2v) is 10.7. The maximum absolute atomic E-state index is 12.8. The minimum atomic E-state index is -4.00. The molecule has 1 atom stereocenters. The van der Waals surface area contributed by atoms with E-state index in [-0.39, 0.29) is 4.21 Å². The van der Waals surface area contributed by atoms with E-state index in [2.05, 4.69) is 17.0 Å². The smallest absolute Gasteiger partial charge is 0.333 e. The molecule has 0 aromatic carbocycles. The standard InChI is InChI=1S/C20H23N3O4S2/c1-11-7-8-14-16(11)21-15-6-2-5-13(15)17(14)22-20(24)23-29(25,26)19-18-12(10-28-19)4-3-9-27-18/h10-11H,2-9H2,1H3,(H2,21,22,23,24). The summed E-state index contributed by atoms with van der Waals surface area (Å²) in [5.74, 6) is 0.749. The average molecular weight is 434 g/mol. The fourth-order valence-corrected chi connectivity index (χ4v) is 6.94. The number of aryl methyl sites for hydroxylation is 2. The molecule has 0 radical (unpaired) electrons. The van der Waals surface area contributed by atoms with Gasteiger partial charge in [-0.05, 0) is 67.4 Å². The molecule has 2 N–H and O–H groups in total. The predicted molar refractivity (Wildman–Crippen MR) is 110 cm³/mol. The van der Waals surface area contributed by atoms with Gasteiger partial charge < -0.3 is 10.1 Å². The van der Waals surface area contributed by atoms with Crippen LogP contribution >= 0.6 is 11.3 Å². The van der Waals surface area contributed by atoms with Gasteiger partial charge in [-0.25, -0.2) is 17.9 Å². The van der Waals surface area contributed by atoms with Crippen LogP contribution in [0.25, 0.3) is 0 Å². The van der Waals surface area contributed by atoms with E-state index in [1.165, 1.54) is 0 Å². The molecule has 5 rings (SSSR count). The van der Waals surface area contributed by atoms with Crippen molar-refractivity contribution in [2.45, 2.75) is 62.0 Å². The molecule has 154 valence electrons. The number of hydrogen-bond donors (Lipinski definition) is 2. The molecule has 0 fully saturated rings. The lowest BCUT2D eigenvalue weighted by Gasteiger charge is -2.17. The molecule has 1 aliphatic heterocycles. The summed E-state index contributed by atoms with van der Waals surface area (Å²) in [6.45, 7) is 2.64. The first-order valence-corrected chi connectivity index (χ1v) is 12.4. The Hall–Kier alpha value is -2.13. The summed E-state index contributed by atoms with van der Waals surface area (Å²) in [6, 6.07) is -0.731. The van der Waals surface area contributed by atoms with Crippen LogP contribution in [0.3, 0.4) is 0 Å². The van der Waals surface area contributed by atoms with Crippen molar-refractivity contribution < 1.29 is 17.9 Å². The summed E-state index contributed by atoms with van der Waals surface area (Å²) in [5, 5.41) is 4.65. The van der Waals surface area contributed by atoms with E-state index in [4.69, 9.17) is 9.72 Å². The van der Waals surface area contributed by atoms with E-state index in [1.807, 2.05) is 0 Å². The summed E-state index contributed by atoms with van der Waals surface area (Å²) in [7, 11) is -4.00. The largest absolute Gasteiger partial charge is 0.491 e. The van der Waals surface area contributed by atoms with Crippen LogP contribution in [0.1, 0.15) is 60.2 Å². The fourth-order valence-electron chi connectivity index (χ4n) is 4.57. The number of fused-ring (bicyclic) bond motifs is 3. The van der Waals surface area contributed by atoms with Crippen LogP contribution in [-0.4, -0.2) is 26.0 Å². The molecule has 3 aliphatic rings. The van der Waals surface area contributed by atoms with Crippen LogP contribution in [0.2, 0.25) is 0 Å². The monoisotopic (exact) mass is 433 g/mol. The van der Waals surface area contributed by atoms with Gasteiger partial charge in [-0.15, -0.1) is 11.3 Å². The van der Waals surface area contributed by atoms with Gasteiger partial charge in [-0.3, -0.25) is 4.98 Å². The van der Waals surface area contributed by atoms with Crippen LogP contribution < -0.4 is 14.8 Å². The van der Waals surface area contributed by atoms with Gasteiger partial charge in [0.05, 0.1) is 12.3 Å². The Morgan fingerprint density at radius 3 is 2.93 bits per heavy atom. The van der Waals surface area contributed by atoms with E-state index < -0.39 is 16.1 Å². The number of nitrogens with one attached hydrogen (secondary N) is 2. The van der Waals surface area contributed by atoms with Crippen molar-refractivity contribution in [1.29, 1.82) is 0 Å². The highest BCUT2D eigenvalue weighted by Gasteiger charge is 2.32. The molecule has 3 heterocycles. The molecule has 2 aliphatic carbocycles. The molecule has 1 unspecified atom stereocenters. The fraction of sp³-hybridized carbons (Fsp3) is 0.500. The van der Waals surface area contributed by atoms with Gasteiger partial charge in [-0.1, -0.05) is 6.92 Å². The SMILES string of the molecule is CC1CCc2c1nc1c(c2NC(=O)NS(=O)(=O)c2scc3c2OCCC3)CCC1. The first-order valence-electron chi connectivity index (χ1n) is 10.1. The maximum Gasteiger partial charge on any atom is 0.333 e. The molecule has 0 bridgehead atoms. The molecule has 7 nitrogen and oxygen atoms in total. The third-order valence-corrected chi connectivity index (χ3v) is 8.86. The van der Waals surface area contributed by atoms with Gasteiger partial charge in [0.1, 0.15) is 0 Å². The van der Waals surface area contributed by atoms with Crippen molar-refractivity contribution in [3.8, 4) is 5.75 Å². The number of nitrogens with zero attached hydrogens (tertiary/aromatic N) is 1. The lowest BCUT2D eigenvalue weighted by Crippen LogP contribution is -2.35. The van der Waals surface area contributed by atoms with Gasteiger partial charge in [-0.2, -0.15) is 0 Å². The minimum absolute atomic E-state index is 0.0705. The molecule has 0 spiro atoms. The van der Waals surface area contributed by atoms with Crippen molar-refractivity contribution in [1.82, 2.24) is 9.71 Å². The lowest BCUT2D eigenvalue weighted by atomic mass is 10.0. The number of ether oxygens (including phenoxy) is 1. The minimum Gasteiger partial charge on any atom is -0.491 e. The second kappa shape index (κ2) is 6.98. The topological polar surface area (TPSA) is 97.4 Å². The number of urea groups is 1. The third kappa shape index (κ3) is 3.20. The Labute approximate surface area is 173 Å². The zero-order chi connectivity index (χ0) is 20.2. The Balaban J connectivity index is 1.42. The highest BCUT2D eigenvalue weighted by Crippen LogP contribution is 2.41. The Bertz CT molecular complexity index is 1110. The normalized spacial score (nSPS) is 19.8. The number of hydrogen-bond acceptors (Lipinski definition) is 6. The van der Waals surface area contributed by atoms with Crippen LogP contribution in [0.15, 0.2) is 9.59 Å². The molecular formula is C20H23N3O4S2. The Morgan fingerprint density at radius 2 is 2.07 bits per heavy atom. The molecule has 2 amide bonds. The van der Waals surface area contributed by atoms with Crippen LogP contribution in [0, 0.1) is 0 Å². The summed E-state index contributed by atoms with van der Waals surface area (Å²) >= 11 is 1.10. The van der Waals surface area contributed by atoms with E-state index in [0.29, 0.717) is 18.3 Å². The molecule has 0 saturated heterocycles. The summed E-state index contributed by atoms with van der Waals surface area (Å²) in [5.41, 5.74) is 5.86. The average Bonchev–Trinajstić information content (AvgIpc) is 3.40. The van der Waals surface area contributed by atoms with E-state index in [0.717, 1.165) is 90.0 Å². The number of pyridine rings is 1. The van der Waals surface area contributed by atoms with E-state index in [1.54, 1.807) is 5.38 Å². The van der Waals surface area contributed by atoms with Crippen LogP contribution in [0.4, 0.5) is 10.5 Å². The number of carbonyl (C=O) groups is 1. The number of aromatic nitrogens is 1. The van der Waals surface area contributed by atoms with Crippen molar-refractivity contribution in [3.63, 3.8) is 0 Å². The molecule has 0 saturated carbocycles.